The third-order valence-corrected chi connectivity index (χ3v) is 3.92. The number of benzene rings is 2. The van der Waals surface area contributed by atoms with Gasteiger partial charge in [-0.1, -0.05) is 42.8 Å². The van der Waals surface area contributed by atoms with Crippen LogP contribution in [0.1, 0.15) is 30.5 Å². The zero-order valence-corrected chi connectivity index (χ0v) is 14.0. The molecule has 1 N–H and O–H groups in total. The number of halogens is 1. The molecule has 0 fully saturated rings. The van der Waals surface area contributed by atoms with Crippen LogP contribution in [0.15, 0.2) is 42.5 Å². The zero-order chi connectivity index (χ0) is 15.9. The lowest BCUT2D eigenvalue weighted by Crippen LogP contribution is -2.20. The molecule has 1 atom stereocenters. The van der Waals surface area contributed by atoms with Crippen LogP contribution in [0.25, 0.3) is 0 Å². The van der Waals surface area contributed by atoms with Crippen LogP contribution in [-0.4, -0.2) is 14.2 Å². The first kappa shape index (κ1) is 16.7. The molecule has 0 aliphatic heterocycles. The van der Waals surface area contributed by atoms with Gasteiger partial charge in [-0.25, -0.2) is 0 Å². The van der Waals surface area contributed by atoms with Crippen molar-refractivity contribution in [1.29, 1.82) is 0 Å². The highest BCUT2D eigenvalue weighted by Gasteiger charge is 2.13. The van der Waals surface area contributed by atoms with Crippen molar-refractivity contribution >= 4 is 11.6 Å². The van der Waals surface area contributed by atoms with Gasteiger partial charge in [0.15, 0.2) is 11.5 Å². The molecule has 0 aromatic heterocycles. The van der Waals surface area contributed by atoms with Gasteiger partial charge in [-0.2, -0.15) is 0 Å². The van der Waals surface area contributed by atoms with E-state index in [9.17, 15) is 0 Å². The summed E-state index contributed by atoms with van der Waals surface area (Å²) in [4.78, 5) is 0. The summed E-state index contributed by atoms with van der Waals surface area (Å²) in [6.45, 7) is 2.85. The smallest absolute Gasteiger partial charge is 0.165 e. The summed E-state index contributed by atoms with van der Waals surface area (Å²) < 4.78 is 10.8. The van der Waals surface area contributed by atoms with E-state index in [1.807, 2.05) is 36.4 Å². The molecule has 2 rings (SSSR count). The number of ether oxygens (including phenoxy) is 2. The molecule has 0 aliphatic rings. The van der Waals surface area contributed by atoms with Crippen LogP contribution in [0.4, 0.5) is 0 Å². The fourth-order valence-corrected chi connectivity index (χ4v) is 2.75. The van der Waals surface area contributed by atoms with Gasteiger partial charge in [0, 0.05) is 23.2 Å². The maximum atomic E-state index is 6.09. The molecule has 0 bridgehead atoms. The van der Waals surface area contributed by atoms with Crippen molar-refractivity contribution in [1.82, 2.24) is 5.32 Å². The summed E-state index contributed by atoms with van der Waals surface area (Å²) in [6.07, 6.45) is 0.979. The maximum Gasteiger partial charge on any atom is 0.165 e. The first-order chi connectivity index (χ1) is 10.7. The van der Waals surface area contributed by atoms with E-state index < -0.39 is 0 Å². The quantitative estimate of drug-likeness (QED) is 0.809. The minimum Gasteiger partial charge on any atom is -0.493 e. The van der Waals surface area contributed by atoms with E-state index in [1.165, 1.54) is 5.56 Å². The first-order valence-corrected chi connectivity index (χ1v) is 7.76. The highest BCUT2D eigenvalue weighted by molar-refractivity contribution is 6.30. The molecule has 2 aromatic carbocycles. The first-order valence-electron chi connectivity index (χ1n) is 7.38. The second-order valence-corrected chi connectivity index (χ2v) is 5.49. The number of methoxy groups -OCH3 is 2. The predicted octanol–water partition coefficient (Wildman–Crippen LogP) is 4.60. The summed E-state index contributed by atoms with van der Waals surface area (Å²) in [5.41, 5.74) is 2.26. The van der Waals surface area contributed by atoms with Gasteiger partial charge >= 0.3 is 0 Å². The van der Waals surface area contributed by atoms with E-state index in [0.717, 1.165) is 28.5 Å². The fraction of sp³-hybridized carbons (Fsp3) is 0.333. The van der Waals surface area contributed by atoms with Crippen molar-refractivity contribution in [3.63, 3.8) is 0 Å². The molecule has 0 heterocycles. The van der Waals surface area contributed by atoms with E-state index >= 15 is 0 Å². The topological polar surface area (TPSA) is 30.5 Å². The number of hydrogen-bond donors (Lipinski definition) is 1. The summed E-state index contributed by atoms with van der Waals surface area (Å²) in [5.74, 6) is 1.52. The van der Waals surface area contributed by atoms with E-state index in [0.29, 0.717) is 6.54 Å². The fourth-order valence-electron chi connectivity index (χ4n) is 2.55. The Morgan fingerprint density at radius 1 is 1.09 bits per heavy atom. The average molecular weight is 320 g/mol. The minimum absolute atomic E-state index is 0.245. The van der Waals surface area contributed by atoms with E-state index in [2.05, 4.69) is 18.3 Å². The molecule has 0 radical (unpaired) electrons. The molecule has 1 unspecified atom stereocenters. The molecule has 0 saturated heterocycles. The van der Waals surface area contributed by atoms with Crippen LogP contribution >= 0.6 is 11.6 Å². The van der Waals surface area contributed by atoms with Gasteiger partial charge < -0.3 is 14.8 Å². The Bertz CT molecular complexity index is 616. The Morgan fingerprint density at radius 3 is 2.50 bits per heavy atom. The monoisotopic (exact) mass is 319 g/mol. The van der Waals surface area contributed by atoms with Crippen molar-refractivity contribution in [2.45, 2.75) is 25.9 Å². The summed E-state index contributed by atoms with van der Waals surface area (Å²) in [6, 6.07) is 14.1. The molecule has 2 aromatic rings. The van der Waals surface area contributed by atoms with Gasteiger partial charge in [0.25, 0.3) is 0 Å². The summed E-state index contributed by atoms with van der Waals surface area (Å²) in [7, 11) is 3.31. The Morgan fingerprint density at radius 2 is 1.86 bits per heavy atom. The lowest BCUT2D eigenvalue weighted by atomic mass is 10.0. The predicted molar refractivity (Wildman–Crippen MR) is 90.9 cm³/mol. The van der Waals surface area contributed by atoms with Crippen LogP contribution in [0.2, 0.25) is 5.02 Å². The molecule has 0 aliphatic carbocycles. The highest BCUT2D eigenvalue weighted by Crippen LogP contribution is 2.31. The van der Waals surface area contributed by atoms with Crippen LogP contribution in [0, 0.1) is 0 Å². The lowest BCUT2D eigenvalue weighted by molar-refractivity contribution is 0.349. The SMILES string of the molecule is CCC(NCc1cccc(OC)c1OC)c1cccc(Cl)c1. The largest absolute Gasteiger partial charge is 0.493 e. The van der Waals surface area contributed by atoms with E-state index in [-0.39, 0.29) is 6.04 Å². The standard InChI is InChI=1S/C18H22ClNO2/c1-4-16(13-7-5-9-15(19)11-13)20-12-14-8-6-10-17(21-2)18(14)22-3/h5-11,16,20H,4,12H2,1-3H3. The Balaban J connectivity index is 2.14. The van der Waals surface area contributed by atoms with Crippen LogP contribution < -0.4 is 14.8 Å². The van der Waals surface area contributed by atoms with Gasteiger partial charge in [0.2, 0.25) is 0 Å². The molecule has 0 saturated carbocycles. The molecule has 0 spiro atoms. The van der Waals surface area contributed by atoms with Crippen LogP contribution in [0.3, 0.4) is 0 Å². The van der Waals surface area contributed by atoms with Gasteiger partial charge in [-0.05, 0) is 30.2 Å². The van der Waals surface area contributed by atoms with Gasteiger partial charge in [0.05, 0.1) is 14.2 Å². The lowest BCUT2D eigenvalue weighted by Gasteiger charge is -2.19. The average Bonchev–Trinajstić information content (AvgIpc) is 2.55. The second-order valence-electron chi connectivity index (χ2n) is 5.05. The molecule has 0 amide bonds. The van der Waals surface area contributed by atoms with Gasteiger partial charge in [0.1, 0.15) is 0 Å². The number of nitrogens with one attached hydrogen (secondary N) is 1. The van der Waals surface area contributed by atoms with Gasteiger partial charge in [-0.3, -0.25) is 0 Å². The second kappa shape index (κ2) is 8.06. The number of para-hydroxylation sites is 1. The number of rotatable bonds is 7. The van der Waals surface area contributed by atoms with Gasteiger partial charge in [-0.15, -0.1) is 0 Å². The van der Waals surface area contributed by atoms with Crippen LogP contribution in [-0.2, 0) is 6.54 Å². The zero-order valence-electron chi connectivity index (χ0n) is 13.2. The van der Waals surface area contributed by atoms with Crippen molar-refractivity contribution in [2.75, 3.05) is 14.2 Å². The molecule has 118 valence electrons. The normalized spacial score (nSPS) is 12.0. The van der Waals surface area contributed by atoms with E-state index in [1.54, 1.807) is 14.2 Å². The molecular formula is C18H22ClNO2. The molecule has 4 heteroatoms. The van der Waals surface area contributed by atoms with Crippen molar-refractivity contribution in [3.05, 3.63) is 58.6 Å². The molecule has 3 nitrogen and oxygen atoms in total. The van der Waals surface area contributed by atoms with E-state index in [4.69, 9.17) is 21.1 Å². The molecular weight excluding hydrogens is 298 g/mol. The highest BCUT2D eigenvalue weighted by atomic mass is 35.5. The Hall–Kier alpha value is -1.71. The summed E-state index contributed by atoms with van der Waals surface area (Å²) >= 11 is 6.09. The third kappa shape index (κ3) is 3.93. The summed E-state index contributed by atoms with van der Waals surface area (Å²) in [5, 5.41) is 4.32. The Kier molecular flexibility index (Phi) is 6.10. The Labute approximate surface area is 137 Å². The van der Waals surface area contributed by atoms with Crippen molar-refractivity contribution in [3.8, 4) is 11.5 Å². The third-order valence-electron chi connectivity index (χ3n) is 3.68. The molecule has 22 heavy (non-hydrogen) atoms. The number of hydrogen-bond acceptors (Lipinski definition) is 3. The minimum atomic E-state index is 0.245. The van der Waals surface area contributed by atoms with Crippen molar-refractivity contribution < 1.29 is 9.47 Å². The van der Waals surface area contributed by atoms with Crippen molar-refractivity contribution in [2.24, 2.45) is 0 Å². The van der Waals surface area contributed by atoms with Crippen LogP contribution in [0.5, 0.6) is 11.5 Å². The maximum absolute atomic E-state index is 6.09.